The molecule has 0 aliphatic heterocycles. The van der Waals surface area contributed by atoms with Crippen molar-refractivity contribution in [2.45, 2.75) is 39.2 Å². The monoisotopic (exact) mass is 243 g/mol. The van der Waals surface area contributed by atoms with Gasteiger partial charge in [0.25, 0.3) is 0 Å². The minimum atomic E-state index is -0.277. The van der Waals surface area contributed by atoms with Crippen molar-refractivity contribution < 1.29 is 5.11 Å². The lowest BCUT2D eigenvalue weighted by molar-refractivity contribution is 0.156. The van der Waals surface area contributed by atoms with E-state index in [1.54, 1.807) is 0 Å². The Bertz CT molecular complexity index is 507. The first-order valence-corrected chi connectivity index (χ1v) is 6.68. The highest BCUT2D eigenvalue weighted by atomic mass is 16.3. The maximum absolute atomic E-state index is 9.98. The molecule has 0 bridgehead atoms. The molecule has 0 saturated carbocycles. The number of rotatable bonds is 5. The van der Waals surface area contributed by atoms with Gasteiger partial charge in [-0.05, 0) is 30.9 Å². The van der Waals surface area contributed by atoms with Crippen LogP contribution in [0.3, 0.4) is 0 Å². The van der Waals surface area contributed by atoms with E-state index in [4.69, 9.17) is 0 Å². The molecular formula is C16H21NO. The molecule has 2 nitrogen and oxygen atoms in total. The maximum Gasteiger partial charge on any atom is 0.0705 e. The molecule has 2 heteroatoms. The standard InChI is InChI=1S/C16H21NO/c1-12(2)7-10-15(18)11-14-9-8-13-5-3-4-6-16(13)17-14/h3-6,8-9,12,15,18H,7,10-11H2,1-2H3. The Balaban J connectivity index is 2.03. The van der Waals surface area contributed by atoms with Gasteiger partial charge in [0.15, 0.2) is 0 Å². The van der Waals surface area contributed by atoms with E-state index in [0.29, 0.717) is 12.3 Å². The molecule has 0 saturated heterocycles. The molecule has 1 N–H and O–H groups in total. The highest BCUT2D eigenvalue weighted by molar-refractivity contribution is 5.78. The van der Waals surface area contributed by atoms with Crippen LogP contribution >= 0.6 is 0 Å². The molecule has 0 spiro atoms. The van der Waals surface area contributed by atoms with Gasteiger partial charge in [-0.3, -0.25) is 4.98 Å². The first-order valence-electron chi connectivity index (χ1n) is 6.68. The second-order valence-corrected chi connectivity index (χ2v) is 5.32. The zero-order valence-corrected chi connectivity index (χ0v) is 11.1. The van der Waals surface area contributed by atoms with Crippen LogP contribution in [0.15, 0.2) is 36.4 Å². The lowest BCUT2D eigenvalue weighted by atomic mass is 10.0. The number of nitrogens with zero attached hydrogens (tertiary/aromatic N) is 1. The molecule has 0 fully saturated rings. The molecule has 0 aliphatic carbocycles. The summed E-state index contributed by atoms with van der Waals surface area (Å²) in [6.45, 7) is 4.36. The highest BCUT2D eigenvalue weighted by Gasteiger charge is 2.08. The van der Waals surface area contributed by atoms with E-state index in [0.717, 1.165) is 29.4 Å². The first-order chi connectivity index (χ1) is 8.65. The minimum Gasteiger partial charge on any atom is -0.393 e. The summed E-state index contributed by atoms with van der Waals surface area (Å²) in [7, 11) is 0. The van der Waals surface area contributed by atoms with Crippen LogP contribution in [-0.2, 0) is 6.42 Å². The Hall–Kier alpha value is -1.41. The second-order valence-electron chi connectivity index (χ2n) is 5.32. The van der Waals surface area contributed by atoms with E-state index in [1.807, 2.05) is 24.3 Å². The van der Waals surface area contributed by atoms with Crippen LogP contribution in [0.4, 0.5) is 0 Å². The van der Waals surface area contributed by atoms with E-state index in [9.17, 15) is 5.11 Å². The smallest absolute Gasteiger partial charge is 0.0705 e. The summed E-state index contributed by atoms with van der Waals surface area (Å²) in [4.78, 5) is 4.58. The van der Waals surface area contributed by atoms with E-state index in [2.05, 4.69) is 31.0 Å². The molecular weight excluding hydrogens is 222 g/mol. The van der Waals surface area contributed by atoms with E-state index < -0.39 is 0 Å². The van der Waals surface area contributed by atoms with Crippen LogP contribution in [0.5, 0.6) is 0 Å². The van der Waals surface area contributed by atoms with Crippen LogP contribution in [0, 0.1) is 5.92 Å². The molecule has 96 valence electrons. The van der Waals surface area contributed by atoms with E-state index in [1.165, 1.54) is 0 Å². The minimum absolute atomic E-state index is 0.277. The lowest BCUT2D eigenvalue weighted by Crippen LogP contribution is -2.12. The van der Waals surface area contributed by atoms with Gasteiger partial charge in [-0.1, -0.05) is 38.1 Å². The molecule has 0 aliphatic rings. The van der Waals surface area contributed by atoms with Crippen molar-refractivity contribution in [3.05, 3.63) is 42.1 Å². The van der Waals surface area contributed by atoms with Crippen LogP contribution in [0.25, 0.3) is 10.9 Å². The number of para-hydroxylation sites is 1. The number of aromatic nitrogens is 1. The van der Waals surface area contributed by atoms with Crippen molar-refractivity contribution in [3.8, 4) is 0 Å². The van der Waals surface area contributed by atoms with Gasteiger partial charge in [-0.2, -0.15) is 0 Å². The largest absolute Gasteiger partial charge is 0.393 e. The second kappa shape index (κ2) is 5.96. The Labute approximate surface area is 109 Å². The van der Waals surface area contributed by atoms with Gasteiger partial charge in [-0.15, -0.1) is 0 Å². The van der Waals surface area contributed by atoms with Crippen molar-refractivity contribution in [2.75, 3.05) is 0 Å². The van der Waals surface area contributed by atoms with Crippen LogP contribution in [0.2, 0.25) is 0 Å². The predicted octanol–water partition coefficient (Wildman–Crippen LogP) is 3.57. The molecule has 1 atom stereocenters. The number of fused-ring (bicyclic) bond motifs is 1. The van der Waals surface area contributed by atoms with Crippen molar-refractivity contribution >= 4 is 10.9 Å². The Morgan fingerprint density at radius 3 is 2.61 bits per heavy atom. The highest BCUT2D eigenvalue weighted by Crippen LogP contribution is 2.15. The van der Waals surface area contributed by atoms with Crippen molar-refractivity contribution in [1.29, 1.82) is 0 Å². The number of hydrogen-bond acceptors (Lipinski definition) is 2. The number of pyridine rings is 1. The van der Waals surface area contributed by atoms with Gasteiger partial charge in [-0.25, -0.2) is 0 Å². The number of aliphatic hydroxyl groups excluding tert-OH is 1. The molecule has 1 aromatic heterocycles. The van der Waals surface area contributed by atoms with Crippen molar-refractivity contribution in [3.63, 3.8) is 0 Å². The fraction of sp³-hybridized carbons (Fsp3) is 0.438. The molecule has 1 unspecified atom stereocenters. The Kier molecular flexibility index (Phi) is 4.32. The molecule has 1 heterocycles. The average molecular weight is 243 g/mol. The lowest BCUT2D eigenvalue weighted by Gasteiger charge is -2.12. The summed E-state index contributed by atoms with van der Waals surface area (Å²) in [5.41, 5.74) is 1.98. The summed E-state index contributed by atoms with van der Waals surface area (Å²) >= 11 is 0. The molecule has 0 amide bonds. The maximum atomic E-state index is 9.98. The summed E-state index contributed by atoms with van der Waals surface area (Å²) in [6, 6.07) is 12.2. The van der Waals surface area contributed by atoms with Gasteiger partial charge >= 0.3 is 0 Å². The Morgan fingerprint density at radius 1 is 1.06 bits per heavy atom. The number of benzene rings is 1. The number of aliphatic hydroxyl groups is 1. The molecule has 18 heavy (non-hydrogen) atoms. The topological polar surface area (TPSA) is 33.1 Å². The fourth-order valence-electron chi connectivity index (χ4n) is 2.09. The third-order valence-corrected chi connectivity index (χ3v) is 3.18. The zero-order valence-electron chi connectivity index (χ0n) is 11.1. The third-order valence-electron chi connectivity index (χ3n) is 3.18. The first kappa shape index (κ1) is 13.0. The van der Waals surface area contributed by atoms with Gasteiger partial charge in [0, 0.05) is 17.5 Å². The summed E-state index contributed by atoms with van der Waals surface area (Å²) in [5.74, 6) is 0.643. The van der Waals surface area contributed by atoms with Crippen LogP contribution < -0.4 is 0 Å². The summed E-state index contributed by atoms with van der Waals surface area (Å²) < 4.78 is 0. The number of hydrogen-bond donors (Lipinski definition) is 1. The van der Waals surface area contributed by atoms with Crippen molar-refractivity contribution in [1.82, 2.24) is 4.98 Å². The van der Waals surface area contributed by atoms with Gasteiger partial charge in [0.2, 0.25) is 0 Å². The van der Waals surface area contributed by atoms with Crippen LogP contribution in [0.1, 0.15) is 32.4 Å². The molecule has 2 aromatic rings. The summed E-state index contributed by atoms with van der Waals surface area (Å²) in [5, 5.41) is 11.1. The van der Waals surface area contributed by atoms with E-state index in [-0.39, 0.29) is 6.10 Å². The van der Waals surface area contributed by atoms with Gasteiger partial charge in [0.1, 0.15) is 0 Å². The van der Waals surface area contributed by atoms with E-state index >= 15 is 0 Å². The third kappa shape index (κ3) is 3.54. The normalized spacial score (nSPS) is 13.1. The Morgan fingerprint density at radius 2 is 1.83 bits per heavy atom. The SMILES string of the molecule is CC(C)CCC(O)Cc1ccc2ccccc2n1. The average Bonchev–Trinajstić information content (AvgIpc) is 2.36. The van der Waals surface area contributed by atoms with Gasteiger partial charge in [0.05, 0.1) is 11.6 Å². The zero-order chi connectivity index (χ0) is 13.0. The van der Waals surface area contributed by atoms with Crippen molar-refractivity contribution in [2.24, 2.45) is 5.92 Å². The quantitative estimate of drug-likeness (QED) is 0.870. The van der Waals surface area contributed by atoms with Gasteiger partial charge < -0.3 is 5.11 Å². The molecule has 2 rings (SSSR count). The molecule has 1 aromatic carbocycles. The fourth-order valence-corrected chi connectivity index (χ4v) is 2.09. The predicted molar refractivity (Wildman–Crippen MR) is 75.5 cm³/mol. The molecule has 0 radical (unpaired) electrons. The summed E-state index contributed by atoms with van der Waals surface area (Å²) in [6.07, 6.45) is 2.29. The van der Waals surface area contributed by atoms with Crippen LogP contribution in [-0.4, -0.2) is 16.2 Å².